The Morgan fingerprint density at radius 1 is 1.04 bits per heavy atom. The van der Waals surface area contributed by atoms with Gasteiger partial charge in [-0.3, -0.25) is 4.79 Å². The molecule has 1 spiro atoms. The van der Waals surface area contributed by atoms with Crippen LogP contribution >= 0.6 is 11.8 Å². The van der Waals surface area contributed by atoms with Crippen LogP contribution in [0.1, 0.15) is 5.56 Å². The van der Waals surface area contributed by atoms with Gasteiger partial charge in [0, 0.05) is 11.3 Å². The zero-order chi connectivity index (χ0) is 17.7. The van der Waals surface area contributed by atoms with Crippen LogP contribution in [0.2, 0.25) is 0 Å². The van der Waals surface area contributed by atoms with E-state index in [1.807, 2.05) is 54.8 Å². The zero-order valence-electron chi connectivity index (χ0n) is 13.7. The molecule has 0 bridgehead atoms. The summed E-state index contributed by atoms with van der Waals surface area (Å²) >= 11 is 1.36. The fourth-order valence-electron chi connectivity index (χ4n) is 3.24. The van der Waals surface area contributed by atoms with E-state index in [1.165, 1.54) is 11.8 Å². The summed E-state index contributed by atoms with van der Waals surface area (Å²) in [6, 6.07) is 15.0. The third kappa shape index (κ3) is 2.02. The molecule has 2 aliphatic heterocycles. The number of rotatable bonds is 1. The molecule has 0 aliphatic carbocycles. The molecule has 2 aliphatic rings. The van der Waals surface area contributed by atoms with Gasteiger partial charge in [-0.05, 0) is 18.4 Å². The molecule has 0 fully saturated rings. The maximum atomic E-state index is 13.0. The van der Waals surface area contributed by atoms with Gasteiger partial charge in [0.2, 0.25) is 11.0 Å². The van der Waals surface area contributed by atoms with Gasteiger partial charge in [-0.1, -0.05) is 48.2 Å². The van der Waals surface area contributed by atoms with Crippen molar-refractivity contribution in [3.63, 3.8) is 0 Å². The number of anilines is 2. The van der Waals surface area contributed by atoms with E-state index in [-0.39, 0.29) is 11.8 Å². The van der Waals surface area contributed by atoms with E-state index >= 15 is 0 Å². The smallest absolute Gasteiger partial charge is 0.295 e. The maximum absolute atomic E-state index is 13.0. The van der Waals surface area contributed by atoms with Crippen molar-refractivity contribution in [1.29, 1.82) is 0 Å². The average Bonchev–Trinajstić information content (AvgIpc) is 2.85. The van der Waals surface area contributed by atoms with Crippen LogP contribution in [-0.4, -0.2) is 27.3 Å². The molecule has 0 saturated carbocycles. The molecular formula is C18H13N5O2S. The summed E-state index contributed by atoms with van der Waals surface area (Å²) in [5.74, 6) is -0.0284. The van der Waals surface area contributed by atoms with E-state index in [0.717, 1.165) is 11.3 Å². The van der Waals surface area contributed by atoms with E-state index in [2.05, 4.69) is 25.8 Å². The number of para-hydroxylation sites is 2. The first-order valence-electron chi connectivity index (χ1n) is 7.97. The van der Waals surface area contributed by atoms with E-state index in [1.54, 1.807) is 0 Å². The topological polar surface area (TPSA) is 89.0 Å². The van der Waals surface area contributed by atoms with Crippen LogP contribution in [0.4, 0.5) is 11.4 Å². The molecule has 1 atom stereocenters. The highest BCUT2D eigenvalue weighted by Crippen LogP contribution is 2.46. The van der Waals surface area contributed by atoms with Crippen LogP contribution < -0.4 is 15.4 Å². The number of nitrogens with one attached hydrogen (secondary N) is 2. The summed E-state index contributed by atoms with van der Waals surface area (Å²) in [5, 5.41) is 15.1. The number of nitrogens with zero attached hydrogens (tertiary/aromatic N) is 3. The highest BCUT2D eigenvalue weighted by atomic mass is 32.2. The minimum atomic E-state index is -1.41. The summed E-state index contributed by atoms with van der Waals surface area (Å²) in [5.41, 5.74) is 2.01. The molecule has 0 radical (unpaired) electrons. The first-order chi connectivity index (χ1) is 12.7. The SMILES string of the molecule is CSc1nnc2c(n1)O[C@]1(Nc3ccccc3-2)C(=O)Nc2ccccc21. The second kappa shape index (κ2) is 5.43. The average molecular weight is 363 g/mol. The Hall–Kier alpha value is -3.13. The number of hydrogen-bond acceptors (Lipinski definition) is 7. The number of amides is 1. The van der Waals surface area contributed by atoms with Crippen molar-refractivity contribution in [1.82, 2.24) is 15.2 Å². The molecule has 2 N–H and O–H groups in total. The monoisotopic (exact) mass is 363 g/mol. The Morgan fingerprint density at radius 2 is 1.81 bits per heavy atom. The molecule has 3 heterocycles. The van der Waals surface area contributed by atoms with Crippen molar-refractivity contribution in [2.45, 2.75) is 10.9 Å². The number of carbonyl (C=O) groups excluding carboxylic acids is 1. The highest BCUT2D eigenvalue weighted by Gasteiger charge is 2.52. The molecule has 3 aromatic rings. The van der Waals surface area contributed by atoms with Crippen LogP contribution in [0.15, 0.2) is 53.7 Å². The molecular weight excluding hydrogens is 350 g/mol. The number of ether oxygens (including phenoxy) is 1. The van der Waals surface area contributed by atoms with Gasteiger partial charge in [0.05, 0.1) is 11.3 Å². The molecule has 5 rings (SSSR count). The minimum absolute atomic E-state index is 0.272. The fraction of sp³-hybridized carbons (Fsp3) is 0.111. The fourth-order valence-corrected chi connectivity index (χ4v) is 3.54. The standard InChI is InChI=1S/C18H13N5O2S/c1-26-17-20-15-14(22-23-17)10-6-2-4-8-12(10)21-18(25-15)11-7-3-5-9-13(11)19-16(18)24/h2-9,21H,1H3,(H,19,24)/t18-/m0/s1. The first kappa shape index (κ1) is 15.2. The van der Waals surface area contributed by atoms with Crippen molar-refractivity contribution >= 4 is 29.0 Å². The van der Waals surface area contributed by atoms with Crippen molar-refractivity contribution < 1.29 is 9.53 Å². The Balaban J connectivity index is 1.80. The Bertz CT molecular complexity index is 1060. The van der Waals surface area contributed by atoms with Gasteiger partial charge in [-0.2, -0.15) is 4.98 Å². The van der Waals surface area contributed by atoms with Crippen LogP contribution in [0.25, 0.3) is 11.3 Å². The summed E-state index contributed by atoms with van der Waals surface area (Å²) in [4.78, 5) is 17.4. The number of fused-ring (bicyclic) bond motifs is 5. The first-order valence-corrected chi connectivity index (χ1v) is 9.20. The number of thioether (sulfide) groups is 1. The van der Waals surface area contributed by atoms with Gasteiger partial charge in [-0.15, -0.1) is 10.2 Å². The lowest BCUT2D eigenvalue weighted by molar-refractivity contribution is -0.128. The normalized spacial score (nSPS) is 19.5. The van der Waals surface area contributed by atoms with Crippen LogP contribution in [0.5, 0.6) is 5.88 Å². The van der Waals surface area contributed by atoms with E-state index in [4.69, 9.17) is 4.74 Å². The minimum Gasteiger partial charge on any atom is -0.435 e. The van der Waals surface area contributed by atoms with Crippen LogP contribution in [0.3, 0.4) is 0 Å². The number of hydrogen-bond donors (Lipinski definition) is 2. The lowest BCUT2D eigenvalue weighted by Gasteiger charge is -2.28. The largest absolute Gasteiger partial charge is 0.435 e. The summed E-state index contributed by atoms with van der Waals surface area (Å²) in [6.45, 7) is 0. The van der Waals surface area contributed by atoms with E-state index < -0.39 is 5.72 Å². The molecule has 0 saturated heterocycles. The quantitative estimate of drug-likeness (QED) is 0.643. The third-order valence-corrected chi connectivity index (χ3v) is 4.97. The molecule has 7 nitrogen and oxygen atoms in total. The van der Waals surface area contributed by atoms with E-state index in [0.29, 0.717) is 22.1 Å². The summed E-state index contributed by atoms with van der Waals surface area (Å²) in [6.07, 6.45) is 1.86. The number of benzene rings is 2. The predicted molar refractivity (Wildman–Crippen MR) is 98.0 cm³/mol. The summed E-state index contributed by atoms with van der Waals surface area (Å²) in [7, 11) is 0. The molecule has 1 aromatic heterocycles. The van der Waals surface area contributed by atoms with Gasteiger partial charge < -0.3 is 15.4 Å². The highest BCUT2D eigenvalue weighted by molar-refractivity contribution is 7.98. The lowest BCUT2D eigenvalue weighted by atomic mass is 10.0. The molecule has 1 amide bonds. The van der Waals surface area contributed by atoms with Gasteiger partial charge >= 0.3 is 0 Å². The van der Waals surface area contributed by atoms with Gasteiger partial charge in [0.1, 0.15) is 0 Å². The Labute approximate surface area is 153 Å². The van der Waals surface area contributed by atoms with E-state index in [9.17, 15) is 4.79 Å². The zero-order valence-corrected chi connectivity index (χ0v) is 14.5. The van der Waals surface area contributed by atoms with Gasteiger partial charge in [0.15, 0.2) is 5.69 Å². The van der Waals surface area contributed by atoms with Gasteiger partial charge in [-0.25, -0.2) is 0 Å². The van der Waals surface area contributed by atoms with Crippen molar-refractivity contribution in [3.8, 4) is 17.1 Å². The predicted octanol–water partition coefficient (Wildman–Crippen LogP) is 2.87. The Morgan fingerprint density at radius 3 is 2.65 bits per heavy atom. The number of aromatic nitrogens is 3. The van der Waals surface area contributed by atoms with Gasteiger partial charge in [0.25, 0.3) is 11.6 Å². The maximum Gasteiger partial charge on any atom is 0.295 e. The number of carbonyl (C=O) groups is 1. The van der Waals surface area contributed by atoms with Crippen molar-refractivity contribution in [2.75, 3.05) is 16.9 Å². The molecule has 0 unspecified atom stereocenters. The molecule has 2 aromatic carbocycles. The van der Waals surface area contributed by atoms with Crippen LogP contribution in [-0.2, 0) is 10.5 Å². The molecule has 8 heteroatoms. The third-order valence-electron chi connectivity index (χ3n) is 4.43. The lowest BCUT2D eigenvalue weighted by Crippen LogP contribution is -2.47. The Kier molecular flexibility index (Phi) is 3.17. The second-order valence-electron chi connectivity index (χ2n) is 5.91. The molecule has 128 valence electrons. The second-order valence-corrected chi connectivity index (χ2v) is 6.68. The van der Waals surface area contributed by atoms with Crippen molar-refractivity contribution in [2.24, 2.45) is 0 Å². The molecule has 26 heavy (non-hydrogen) atoms. The van der Waals surface area contributed by atoms with Crippen molar-refractivity contribution in [3.05, 3.63) is 54.1 Å². The summed E-state index contributed by atoms with van der Waals surface area (Å²) < 4.78 is 6.22. The van der Waals surface area contributed by atoms with Crippen LogP contribution in [0, 0.1) is 0 Å².